The average molecular weight is 481 g/mol. The van der Waals surface area contributed by atoms with Crippen molar-refractivity contribution in [3.63, 3.8) is 0 Å². The molecule has 1 fully saturated rings. The Labute approximate surface area is 196 Å². The summed E-state index contributed by atoms with van der Waals surface area (Å²) >= 11 is 0. The summed E-state index contributed by atoms with van der Waals surface area (Å²) < 4.78 is 31.4. The molecule has 4 aromatic rings. The molecule has 10 nitrogen and oxygen atoms in total. The lowest BCUT2D eigenvalue weighted by atomic mass is 10.0. The number of anilines is 1. The number of piperidine rings is 1. The van der Waals surface area contributed by atoms with Gasteiger partial charge >= 0.3 is 0 Å². The Morgan fingerprint density at radius 2 is 1.91 bits per heavy atom. The van der Waals surface area contributed by atoms with Crippen molar-refractivity contribution < 1.29 is 17.6 Å². The predicted octanol–water partition coefficient (Wildman–Crippen LogP) is 2.77. The van der Waals surface area contributed by atoms with Gasteiger partial charge in [0.1, 0.15) is 5.76 Å². The lowest BCUT2D eigenvalue weighted by Gasteiger charge is -2.31. The number of hydrogen-bond donors (Lipinski definition) is 2. The molecule has 1 saturated heterocycles. The third-order valence-electron chi connectivity index (χ3n) is 6.23. The lowest BCUT2D eigenvalue weighted by molar-refractivity contribution is -0.130. The Balaban J connectivity index is 1.50. The van der Waals surface area contributed by atoms with Crippen molar-refractivity contribution in [1.82, 2.24) is 19.7 Å². The van der Waals surface area contributed by atoms with Gasteiger partial charge in [-0.05, 0) is 31.0 Å². The molecule has 0 aliphatic carbocycles. The van der Waals surface area contributed by atoms with Crippen molar-refractivity contribution >= 4 is 32.7 Å². The standard InChI is InChI=1S/C23H24N6O4S/c1-14(30)28-7-5-17(6-8-28)29-13-16(11-27-29)20-12-26-23(24)22-19(20)10-21(33-22)15-3-2-4-18(9-15)34(25,31)32/h2-4,9-13,17H,5-8H2,1H3,(H2,24,26)(H2,25,31,32). The molecule has 11 heteroatoms. The minimum Gasteiger partial charge on any atom is -0.452 e. The third kappa shape index (κ3) is 4.03. The topological polar surface area (TPSA) is 150 Å². The van der Waals surface area contributed by atoms with E-state index in [1.807, 2.05) is 21.8 Å². The molecule has 0 radical (unpaired) electrons. The molecule has 3 aromatic heterocycles. The molecule has 1 aliphatic heterocycles. The number of aromatic nitrogens is 3. The van der Waals surface area contributed by atoms with Crippen LogP contribution < -0.4 is 10.9 Å². The first kappa shape index (κ1) is 22.1. The van der Waals surface area contributed by atoms with E-state index < -0.39 is 10.0 Å². The highest BCUT2D eigenvalue weighted by molar-refractivity contribution is 7.89. The van der Waals surface area contributed by atoms with Gasteiger partial charge in [-0.3, -0.25) is 9.48 Å². The van der Waals surface area contributed by atoms with Gasteiger partial charge in [-0.1, -0.05) is 12.1 Å². The molecule has 4 N–H and O–H groups in total. The van der Waals surface area contributed by atoms with Crippen molar-refractivity contribution in [2.75, 3.05) is 18.8 Å². The molecule has 5 rings (SSSR count). The maximum Gasteiger partial charge on any atom is 0.238 e. The molecule has 4 heterocycles. The highest BCUT2D eigenvalue weighted by Gasteiger charge is 2.23. The molecule has 1 amide bonds. The fourth-order valence-electron chi connectivity index (χ4n) is 4.36. The first-order valence-corrected chi connectivity index (χ1v) is 12.4. The number of carbonyl (C=O) groups excluding carboxylic acids is 1. The molecule has 1 aromatic carbocycles. The summed E-state index contributed by atoms with van der Waals surface area (Å²) in [6.45, 7) is 3.02. The van der Waals surface area contributed by atoms with Gasteiger partial charge in [0.2, 0.25) is 15.9 Å². The smallest absolute Gasteiger partial charge is 0.238 e. The number of nitrogen functional groups attached to an aromatic ring is 1. The largest absolute Gasteiger partial charge is 0.452 e. The van der Waals surface area contributed by atoms with Crippen LogP contribution in [-0.4, -0.2) is 47.1 Å². The molecular weight excluding hydrogens is 456 g/mol. The van der Waals surface area contributed by atoms with E-state index in [0.29, 0.717) is 30.0 Å². The Bertz CT molecular complexity index is 1500. The van der Waals surface area contributed by atoms with Gasteiger partial charge in [0.25, 0.3) is 0 Å². The van der Waals surface area contributed by atoms with E-state index in [2.05, 4.69) is 10.1 Å². The fraction of sp³-hybridized carbons (Fsp3) is 0.261. The van der Waals surface area contributed by atoms with Gasteiger partial charge in [-0.15, -0.1) is 0 Å². The van der Waals surface area contributed by atoms with Crippen molar-refractivity contribution in [1.29, 1.82) is 0 Å². The zero-order valence-electron chi connectivity index (χ0n) is 18.5. The third-order valence-corrected chi connectivity index (χ3v) is 7.14. The van der Waals surface area contributed by atoms with Crippen LogP contribution in [0.5, 0.6) is 0 Å². The summed E-state index contributed by atoms with van der Waals surface area (Å²) in [6, 6.07) is 8.25. The van der Waals surface area contributed by atoms with Gasteiger partial charge in [0.05, 0.1) is 17.1 Å². The number of primary sulfonamides is 1. The van der Waals surface area contributed by atoms with Crippen molar-refractivity contribution in [3.05, 3.63) is 48.9 Å². The van der Waals surface area contributed by atoms with E-state index >= 15 is 0 Å². The zero-order chi connectivity index (χ0) is 24.0. The Morgan fingerprint density at radius 1 is 1.15 bits per heavy atom. The summed E-state index contributed by atoms with van der Waals surface area (Å²) in [5.41, 5.74) is 8.71. The van der Waals surface area contributed by atoms with Crippen molar-refractivity contribution in [2.45, 2.75) is 30.7 Å². The van der Waals surface area contributed by atoms with Crippen LogP contribution in [0.4, 0.5) is 5.82 Å². The van der Waals surface area contributed by atoms with Crippen LogP contribution in [0.2, 0.25) is 0 Å². The molecule has 0 saturated carbocycles. The Hall–Kier alpha value is -3.70. The van der Waals surface area contributed by atoms with Crippen molar-refractivity contribution in [2.24, 2.45) is 5.14 Å². The molecule has 0 bridgehead atoms. The number of fused-ring (bicyclic) bond motifs is 1. The highest BCUT2D eigenvalue weighted by Crippen LogP contribution is 2.37. The summed E-state index contributed by atoms with van der Waals surface area (Å²) in [6.07, 6.45) is 7.10. The second kappa shape index (κ2) is 8.26. The Kier molecular flexibility index (Phi) is 5.37. The van der Waals surface area contributed by atoms with E-state index in [4.69, 9.17) is 15.3 Å². The van der Waals surface area contributed by atoms with Gasteiger partial charge in [-0.2, -0.15) is 5.10 Å². The number of pyridine rings is 1. The summed E-state index contributed by atoms with van der Waals surface area (Å²) in [4.78, 5) is 17.7. The van der Waals surface area contributed by atoms with Crippen LogP contribution in [-0.2, 0) is 14.8 Å². The number of nitrogens with zero attached hydrogens (tertiary/aromatic N) is 4. The fourth-order valence-corrected chi connectivity index (χ4v) is 4.92. The molecule has 0 spiro atoms. The first-order chi connectivity index (χ1) is 16.2. The number of likely N-dealkylation sites (tertiary alicyclic amines) is 1. The normalized spacial score (nSPS) is 15.2. The number of benzene rings is 1. The van der Waals surface area contributed by atoms with Crippen LogP contribution >= 0.6 is 0 Å². The van der Waals surface area contributed by atoms with Crippen LogP contribution in [0, 0.1) is 0 Å². The van der Waals surface area contributed by atoms with Crippen LogP contribution in [0.15, 0.2) is 58.2 Å². The van der Waals surface area contributed by atoms with Crippen molar-refractivity contribution in [3.8, 4) is 22.5 Å². The number of nitrogens with two attached hydrogens (primary N) is 2. The number of sulfonamides is 1. The number of hydrogen-bond acceptors (Lipinski definition) is 7. The number of carbonyl (C=O) groups is 1. The van der Waals surface area contributed by atoms with Crippen LogP contribution in [0.1, 0.15) is 25.8 Å². The number of furan rings is 1. The van der Waals surface area contributed by atoms with Gasteiger partial charge < -0.3 is 15.1 Å². The van der Waals surface area contributed by atoms with E-state index in [1.54, 1.807) is 31.5 Å². The minimum atomic E-state index is -3.85. The Morgan fingerprint density at radius 3 is 2.62 bits per heavy atom. The van der Waals surface area contributed by atoms with Gasteiger partial charge in [-0.25, -0.2) is 18.5 Å². The second-order valence-corrected chi connectivity index (χ2v) is 9.99. The van der Waals surface area contributed by atoms with E-state index in [0.717, 1.165) is 29.4 Å². The SMILES string of the molecule is CC(=O)N1CCC(n2cc(-c3cnc(N)c4oc(-c5cccc(S(N)(=O)=O)c5)cc34)cn2)CC1. The number of amides is 1. The molecule has 0 atom stereocenters. The summed E-state index contributed by atoms with van der Waals surface area (Å²) in [5, 5.41) is 10.6. The maximum atomic E-state index is 11.8. The zero-order valence-corrected chi connectivity index (χ0v) is 19.3. The maximum absolute atomic E-state index is 11.8. The molecule has 1 aliphatic rings. The van der Waals surface area contributed by atoms with Crippen LogP contribution in [0.25, 0.3) is 33.4 Å². The molecular formula is C23H24N6O4S. The van der Waals surface area contributed by atoms with Gasteiger partial charge in [0, 0.05) is 54.5 Å². The van der Waals surface area contributed by atoms with E-state index in [1.165, 1.54) is 12.1 Å². The summed E-state index contributed by atoms with van der Waals surface area (Å²) in [5.74, 6) is 0.780. The average Bonchev–Trinajstić information content (AvgIpc) is 3.48. The lowest BCUT2D eigenvalue weighted by Crippen LogP contribution is -2.37. The second-order valence-electron chi connectivity index (χ2n) is 8.43. The number of rotatable bonds is 4. The minimum absolute atomic E-state index is 0.00567. The van der Waals surface area contributed by atoms with E-state index in [9.17, 15) is 13.2 Å². The highest BCUT2D eigenvalue weighted by atomic mass is 32.2. The summed E-state index contributed by atoms with van der Waals surface area (Å²) in [7, 11) is -3.85. The quantitative estimate of drug-likeness (QED) is 0.456. The molecule has 34 heavy (non-hydrogen) atoms. The van der Waals surface area contributed by atoms with E-state index in [-0.39, 0.29) is 22.7 Å². The van der Waals surface area contributed by atoms with Crippen LogP contribution in [0.3, 0.4) is 0 Å². The first-order valence-electron chi connectivity index (χ1n) is 10.8. The molecule has 0 unspecified atom stereocenters. The predicted molar refractivity (Wildman–Crippen MR) is 127 cm³/mol. The van der Waals surface area contributed by atoms with Gasteiger partial charge in [0.15, 0.2) is 11.4 Å². The molecule has 176 valence electrons. The monoisotopic (exact) mass is 480 g/mol.